The first kappa shape index (κ1) is 18.1. The van der Waals surface area contributed by atoms with Crippen LogP contribution in [0.3, 0.4) is 0 Å². The average Bonchev–Trinajstić information content (AvgIpc) is 2.87. The molecule has 0 spiro atoms. The lowest BCUT2D eigenvalue weighted by molar-refractivity contribution is -0.126. The molecule has 21 heavy (non-hydrogen) atoms. The van der Waals surface area contributed by atoms with E-state index >= 15 is 0 Å². The van der Waals surface area contributed by atoms with Gasteiger partial charge in [0, 0.05) is 5.02 Å². The highest BCUT2D eigenvalue weighted by atomic mass is 35.5. The van der Waals surface area contributed by atoms with Crippen molar-refractivity contribution in [3.63, 3.8) is 0 Å². The van der Waals surface area contributed by atoms with E-state index in [1.807, 2.05) is 19.1 Å². The predicted molar refractivity (Wildman–Crippen MR) is 87.2 cm³/mol. The Morgan fingerprint density at radius 2 is 1.95 bits per heavy atom. The molecular formula is C15H22Cl2N2O2. The summed E-state index contributed by atoms with van der Waals surface area (Å²) in [5.74, 6) is 0.668. The summed E-state index contributed by atoms with van der Waals surface area (Å²) in [6.07, 6.45) is 3.47. The van der Waals surface area contributed by atoms with Crippen molar-refractivity contribution in [2.45, 2.75) is 44.2 Å². The number of carbonyl (C=O) groups excluding carboxylic acids is 1. The number of hydrogen-bond donors (Lipinski definition) is 2. The molecule has 0 bridgehead atoms. The SMILES string of the molecule is CC(CNC(=O)C1(N)CCCC1)Oc1ccc(Cl)cc1.Cl. The predicted octanol–water partition coefficient (Wildman–Crippen LogP) is 2.92. The van der Waals surface area contributed by atoms with E-state index < -0.39 is 5.54 Å². The molecule has 1 aromatic carbocycles. The fourth-order valence-corrected chi connectivity index (χ4v) is 2.56. The number of rotatable bonds is 5. The van der Waals surface area contributed by atoms with Gasteiger partial charge in [-0.25, -0.2) is 0 Å². The highest BCUT2D eigenvalue weighted by molar-refractivity contribution is 6.30. The summed E-state index contributed by atoms with van der Waals surface area (Å²) in [5, 5.41) is 3.55. The van der Waals surface area contributed by atoms with Crippen molar-refractivity contribution in [3.8, 4) is 5.75 Å². The molecule has 0 heterocycles. The third kappa shape index (κ3) is 5.06. The van der Waals surface area contributed by atoms with Crippen LogP contribution in [-0.2, 0) is 4.79 Å². The maximum Gasteiger partial charge on any atom is 0.240 e. The second-order valence-corrected chi connectivity index (χ2v) is 5.89. The molecule has 0 radical (unpaired) electrons. The van der Waals surface area contributed by atoms with E-state index in [2.05, 4.69) is 5.32 Å². The summed E-state index contributed by atoms with van der Waals surface area (Å²) in [7, 11) is 0. The van der Waals surface area contributed by atoms with Crippen LogP contribution in [-0.4, -0.2) is 24.1 Å². The van der Waals surface area contributed by atoms with Crippen molar-refractivity contribution in [2.75, 3.05) is 6.54 Å². The molecule has 1 saturated carbocycles. The monoisotopic (exact) mass is 332 g/mol. The summed E-state index contributed by atoms with van der Waals surface area (Å²) < 4.78 is 5.70. The van der Waals surface area contributed by atoms with Crippen molar-refractivity contribution >= 4 is 29.9 Å². The first-order valence-corrected chi connectivity index (χ1v) is 7.37. The number of ether oxygens (including phenoxy) is 1. The standard InChI is InChI=1S/C15H21ClN2O2.ClH/c1-11(20-13-6-4-12(16)5-7-13)10-18-14(19)15(17)8-2-3-9-15;/h4-7,11H,2-3,8-10,17H2,1H3,(H,18,19);1H. The summed E-state index contributed by atoms with van der Waals surface area (Å²) in [6, 6.07) is 7.16. The summed E-state index contributed by atoms with van der Waals surface area (Å²) in [4.78, 5) is 12.1. The van der Waals surface area contributed by atoms with Crippen LogP contribution in [0.25, 0.3) is 0 Å². The molecular weight excluding hydrogens is 311 g/mol. The quantitative estimate of drug-likeness (QED) is 0.871. The van der Waals surface area contributed by atoms with Gasteiger partial charge < -0.3 is 15.8 Å². The number of hydrogen-bond acceptors (Lipinski definition) is 3. The van der Waals surface area contributed by atoms with Crippen molar-refractivity contribution in [1.82, 2.24) is 5.32 Å². The van der Waals surface area contributed by atoms with Gasteiger partial charge in [0.25, 0.3) is 0 Å². The van der Waals surface area contributed by atoms with Gasteiger partial charge in [-0.1, -0.05) is 24.4 Å². The third-order valence-electron chi connectivity index (χ3n) is 3.65. The van der Waals surface area contributed by atoms with Crippen LogP contribution in [0, 0.1) is 0 Å². The minimum Gasteiger partial charge on any atom is -0.489 e. The van der Waals surface area contributed by atoms with Crippen LogP contribution in [0.15, 0.2) is 24.3 Å². The Morgan fingerprint density at radius 3 is 2.52 bits per heavy atom. The van der Waals surface area contributed by atoms with Gasteiger partial charge in [-0.15, -0.1) is 12.4 Å². The number of carbonyl (C=O) groups is 1. The molecule has 1 atom stereocenters. The molecule has 1 fully saturated rings. The van der Waals surface area contributed by atoms with Crippen LogP contribution in [0.2, 0.25) is 5.02 Å². The molecule has 1 unspecified atom stereocenters. The Morgan fingerprint density at radius 1 is 1.38 bits per heavy atom. The summed E-state index contributed by atoms with van der Waals surface area (Å²) in [5.41, 5.74) is 5.41. The topological polar surface area (TPSA) is 64.4 Å². The summed E-state index contributed by atoms with van der Waals surface area (Å²) >= 11 is 5.81. The number of nitrogens with one attached hydrogen (secondary N) is 1. The number of benzene rings is 1. The summed E-state index contributed by atoms with van der Waals surface area (Å²) in [6.45, 7) is 2.35. The van der Waals surface area contributed by atoms with Crippen molar-refractivity contribution in [3.05, 3.63) is 29.3 Å². The van der Waals surface area contributed by atoms with E-state index in [-0.39, 0.29) is 24.4 Å². The highest BCUT2D eigenvalue weighted by Gasteiger charge is 2.36. The fraction of sp³-hybridized carbons (Fsp3) is 0.533. The zero-order chi connectivity index (χ0) is 14.6. The van der Waals surface area contributed by atoms with Crippen LogP contribution in [0.1, 0.15) is 32.6 Å². The number of halogens is 2. The molecule has 1 aliphatic rings. The fourth-order valence-electron chi connectivity index (χ4n) is 2.43. The Balaban J connectivity index is 0.00000220. The van der Waals surface area contributed by atoms with Crippen molar-refractivity contribution in [1.29, 1.82) is 0 Å². The lowest BCUT2D eigenvalue weighted by Crippen LogP contribution is -2.53. The van der Waals surface area contributed by atoms with Gasteiger partial charge in [0.2, 0.25) is 5.91 Å². The smallest absolute Gasteiger partial charge is 0.240 e. The molecule has 1 amide bonds. The van der Waals surface area contributed by atoms with E-state index in [4.69, 9.17) is 22.1 Å². The van der Waals surface area contributed by atoms with Crippen LogP contribution in [0.5, 0.6) is 5.75 Å². The molecule has 0 aromatic heterocycles. The zero-order valence-electron chi connectivity index (χ0n) is 12.1. The van der Waals surface area contributed by atoms with Gasteiger partial charge in [0.1, 0.15) is 11.9 Å². The maximum absolute atomic E-state index is 12.1. The van der Waals surface area contributed by atoms with Gasteiger partial charge in [0.15, 0.2) is 0 Å². The molecule has 6 heteroatoms. The molecule has 118 valence electrons. The van der Waals surface area contributed by atoms with Crippen LogP contribution >= 0.6 is 24.0 Å². The highest BCUT2D eigenvalue weighted by Crippen LogP contribution is 2.27. The molecule has 0 aliphatic heterocycles. The number of amides is 1. The Labute approximate surface area is 136 Å². The van der Waals surface area contributed by atoms with Gasteiger partial charge in [-0.3, -0.25) is 4.79 Å². The number of nitrogens with two attached hydrogens (primary N) is 1. The van der Waals surface area contributed by atoms with E-state index in [0.29, 0.717) is 11.6 Å². The van der Waals surface area contributed by atoms with Gasteiger partial charge >= 0.3 is 0 Å². The van der Waals surface area contributed by atoms with Crippen LogP contribution in [0.4, 0.5) is 0 Å². The van der Waals surface area contributed by atoms with Crippen LogP contribution < -0.4 is 15.8 Å². The van der Waals surface area contributed by atoms with E-state index in [1.165, 1.54) is 0 Å². The largest absolute Gasteiger partial charge is 0.489 e. The first-order valence-electron chi connectivity index (χ1n) is 6.99. The second-order valence-electron chi connectivity index (χ2n) is 5.46. The molecule has 0 saturated heterocycles. The molecule has 1 aliphatic carbocycles. The minimum atomic E-state index is -0.681. The Kier molecular flexibility index (Phi) is 6.78. The first-order chi connectivity index (χ1) is 9.49. The second kappa shape index (κ2) is 7.87. The molecule has 1 aromatic rings. The Bertz CT molecular complexity index is 459. The lowest BCUT2D eigenvalue weighted by atomic mass is 9.98. The third-order valence-corrected chi connectivity index (χ3v) is 3.90. The van der Waals surface area contributed by atoms with Gasteiger partial charge in [0.05, 0.1) is 12.1 Å². The minimum absolute atomic E-state index is 0. The lowest BCUT2D eigenvalue weighted by Gasteiger charge is -2.23. The van der Waals surface area contributed by atoms with E-state index in [1.54, 1.807) is 12.1 Å². The average molecular weight is 333 g/mol. The normalized spacial score (nSPS) is 17.7. The molecule has 2 rings (SSSR count). The Hall–Kier alpha value is -0.970. The van der Waals surface area contributed by atoms with Crippen molar-refractivity contribution in [2.24, 2.45) is 5.73 Å². The molecule has 4 nitrogen and oxygen atoms in total. The van der Waals surface area contributed by atoms with Crippen molar-refractivity contribution < 1.29 is 9.53 Å². The zero-order valence-corrected chi connectivity index (χ0v) is 13.7. The van der Waals surface area contributed by atoms with Gasteiger partial charge in [-0.05, 0) is 44.0 Å². The maximum atomic E-state index is 12.1. The van der Waals surface area contributed by atoms with Gasteiger partial charge in [-0.2, -0.15) is 0 Å². The van der Waals surface area contributed by atoms with E-state index in [9.17, 15) is 4.79 Å². The van der Waals surface area contributed by atoms with E-state index in [0.717, 1.165) is 31.4 Å². The molecule has 3 N–H and O–H groups in total.